The lowest BCUT2D eigenvalue weighted by molar-refractivity contribution is -0.133. The largest absolute Gasteiger partial charge is 0.352 e. The second-order valence-corrected chi connectivity index (χ2v) is 8.01. The lowest BCUT2D eigenvalue weighted by atomic mass is 9.96. The van der Waals surface area contributed by atoms with E-state index in [9.17, 15) is 9.59 Å². The number of nitrogens with one attached hydrogen (secondary N) is 1. The first kappa shape index (κ1) is 19.5. The molecular formula is C22H26N2O2S. The van der Waals surface area contributed by atoms with Gasteiger partial charge >= 0.3 is 0 Å². The Hall–Kier alpha value is -2.27. The van der Waals surface area contributed by atoms with Crippen molar-refractivity contribution >= 4 is 23.6 Å². The van der Waals surface area contributed by atoms with Crippen LogP contribution >= 0.6 is 11.8 Å². The van der Waals surface area contributed by atoms with E-state index in [1.807, 2.05) is 35.2 Å². The summed E-state index contributed by atoms with van der Waals surface area (Å²) in [5, 5.41) is 3.02. The molecule has 0 saturated carbocycles. The van der Waals surface area contributed by atoms with Crippen LogP contribution in [0.25, 0.3) is 0 Å². The fourth-order valence-electron chi connectivity index (χ4n) is 3.19. The molecule has 2 aromatic carbocycles. The first-order valence-electron chi connectivity index (χ1n) is 9.40. The van der Waals surface area contributed by atoms with Crippen molar-refractivity contribution in [3.05, 3.63) is 65.7 Å². The predicted octanol–water partition coefficient (Wildman–Crippen LogP) is 3.64. The molecule has 2 aromatic rings. The van der Waals surface area contributed by atoms with Gasteiger partial charge in [0.25, 0.3) is 0 Å². The topological polar surface area (TPSA) is 49.4 Å². The molecule has 1 aliphatic rings. The normalized spacial score (nSPS) is 14.8. The van der Waals surface area contributed by atoms with Crippen LogP contribution in [0, 0.1) is 12.8 Å². The molecule has 3 rings (SSSR count). The minimum absolute atomic E-state index is 0.00233. The molecule has 0 unspecified atom stereocenters. The number of aryl methyl sites for hydroxylation is 1. The van der Waals surface area contributed by atoms with Gasteiger partial charge in [-0.05, 0) is 37.5 Å². The standard InChI is InChI=1S/C22H26N2O2S/c1-17-7-9-20(10-8-17)27-16-21(25)24-13-11-19(12-14-24)22(26)23-15-18-5-3-2-4-6-18/h2-10,19H,11-16H2,1H3,(H,23,26). The SMILES string of the molecule is Cc1ccc(SCC(=O)N2CCC(C(=O)NCc3ccccc3)CC2)cc1. The molecular weight excluding hydrogens is 356 g/mol. The highest BCUT2D eigenvalue weighted by Gasteiger charge is 2.27. The number of hydrogen-bond acceptors (Lipinski definition) is 3. The van der Waals surface area contributed by atoms with Gasteiger partial charge < -0.3 is 10.2 Å². The van der Waals surface area contributed by atoms with Crippen molar-refractivity contribution < 1.29 is 9.59 Å². The molecule has 0 aromatic heterocycles. The summed E-state index contributed by atoms with van der Waals surface area (Å²) in [6.45, 7) is 3.94. The summed E-state index contributed by atoms with van der Waals surface area (Å²) >= 11 is 1.57. The summed E-state index contributed by atoms with van der Waals surface area (Å²) in [6.07, 6.45) is 1.48. The van der Waals surface area contributed by atoms with Gasteiger partial charge in [0.2, 0.25) is 11.8 Å². The molecule has 0 spiro atoms. The molecule has 2 amide bonds. The first-order chi connectivity index (χ1) is 13.1. The van der Waals surface area contributed by atoms with Crippen LogP contribution < -0.4 is 5.32 Å². The molecule has 27 heavy (non-hydrogen) atoms. The Bertz CT molecular complexity index is 754. The van der Waals surface area contributed by atoms with Crippen LogP contribution in [0.3, 0.4) is 0 Å². The third-order valence-electron chi connectivity index (χ3n) is 4.91. The maximum Gasteiger partial charge on any atom is 0.232 e. The molecule has 1 aliphatic heterocycles. The summed E-state index contributed by atoms with van der Waals surface area (Å²) < 4.78 is 0. The maximum absolute atomic E-state index is 12.4. The van der Waals surface area contributed by atoms with Crippen molar-refractivity contribution in [2.45, 2.75) is 31.2 Å². The molecule has 0 atom stereocenters. The Morgan fingerprint density at radius 3 is 2.37 bits per heavy atom. The van der Waals surface area contributed by atoms with E-state index < -0.39 is 0 Å². The second-order valence-electron chi connectivity index (χ2n) is 6.96. The third-order valence-corrected chi connectivity index (χ3v) is 5.91. The monoisotopic (exact) mass is 382 g/mol. The van der Waals surface area contributed by atoms with Gasteiger partial charge in [0.1, 0.15) is 0 Å². The van der Waals surface area contributed by atoms with Gasteiger partial charge in [-0.15, -0.1) is 11.8 Å². The van der Waals surface area contributed by atoms with Crippen molar-refractivity contribution in [3.63, 3.8) is 0 Å². The van der Waals surface area contributed by atoms with Crippen molar-refractivity contribution in [1.29, 1.82) is 0 Å². The summed E-state index contributed by atoms with van der Waals surface area (Å²) in [4.78, 5) is 27.8. The maximum atomic E-state index is 12.4. The number of hydrogen-bond donors (Lipinski definition) is 1. The minimum atomic E-state index is 0.00233. The Morgan fingerprint density at radius 1 is 1.04 bits per heavy atom. The van der Waals surface area contributed by atoms with E-state index in [0.717, 1.165) is 23.3 Å². The first-order valence-corrected chi connectivity index (χ1v) is 10.4. The lowest BCUT2D eigenvalue weighted by Crippen LogP contribution is -2.43. The Kier molecular flexibility index (Phi) is 6.93. The summed E-state index contributed by atoms with van der Waals surface area (Å²) in [6, 6.07) is 18.2. The molecule has 1 fully saturated rings. The van der Waals surface area contributed by atoms with E-state index in [1.165, 1.54) is 5.56 Å². The number of carbonyl (C=O) groups is 2. The van der Waals surface area contributed by atoms with Crippen molar-refractivity contribution in [2.75, 3.05) is 18.8 Å². The number of carbonyl (C=O) groups excluding carboxylic acids is 2. The van der Waals surface area contributed by atoms with Crippen LogP contribution in [0.1, 0.15) is 24.0 Å². The number of likely N-dealkylation sites (tertiary alicyclic amines) is 1. The van der Waals surface area contributed by atoms with Gasteiger partial charge in [0.15, 0.2) is 0 Å². The number of thioether (sulfide) groups is 1. The van der Waals surface area contributed by atoms with Crippen LogP contribution in [0.2, 0.25) is 0 Å². The van der Waals surface area contributed by atoms with Crippen LogP contribution in [0.15, 0.2) is 59.5 Å². The molecule has 142 valence electrons. The molecule has 0 radical (unpaired) electrons. The molecule has 1 heterocycles. The van der Waals surface area contributed by atoms with E-state index in [1.54, 1.807) is 11.8 Å². The molecule has 0 bridgehead atoms. The highest BCUT2D eigenvalue weighted by molar-refractivity contribution is 8.00. The zero-order chi connectivity index (χ0) is 19.1. The molecule has 1 N–H and O–H groups in total. The van der Waals surface area contributed by atoms with E-state index in [0.29, 0.717) is 25.4 Å². The van der Waals surface area contributed by atoms with E-state index in [-0.39, 0.29) is 17.7 Å². The zero-order valence-corrected chi connectivity index (χ0v) is 16.5. The van der Waals surface area contributed by atoms with Crippen LogP contribution in [0.5, 0.6) is 0 Å². The smallest absolute Gasteiger partial charge is 0.232 e. The zero-order valence-electron chi connectivity index (χ0n) is 15.7. The van der Waals surface area contributed by atoms with Gasteiger partial charge in [0, 0.05) is 30.4 Å². The van der Waals surface area contributed by atoms with Crippen molar-refractivity contribution in [2.24, 2.45) is 5.92 Å². The minimum Gasteiger partial charge on any atom is -0.352 e. The highest BCUT2D eigenvalue weighted by atomic mass is 32.2. The van der Waals surface area contributed by atoms with Gasteiger partial charge in [0.05, 0.1) is 5.75 Å². The third kappa shape index (κ3) is 5.86. The van der Waals surface area contributed by atoms with Crippen LogP contribution in [0.4, 0.5) is 0 Å². The van der Waals surface area contributed by atoms with E-state index >= 15 is 0 Å². The molecule has 1 saturated heterocycles. The van der Waals surface area contributed by atoms with Gasteiger partial charge in [-0.25, -0.2) is 0 Å². The van der Waals surface area contributed by atoms with Crippen LogP contribution in [-0.4, -0.2) is 35.6 Å². The van der Waals surface area contributed by atoms with Crippen LogP contribution in [-0.2, 0) is 16.1 Å². The molecule has 5 heteroatoms. The summed E-state index contributed by atoms with van der Waals surface area (Å²) in [5.74, 6) is 0.708. The lowest BCUT2D eigenvalue weighted by Gasteiger charge is -2.31. The Labute approximate surface area is 165 Å². The molecule has 0 aliphatic carbocycles. The van der Waals surface area contributed by atoms with Crippen molar-refractivity contribution in [1.82, 2.24) is 10.2 Å². The Morgan fingerprint density at radius 2 is 1.70 bits per heavy atom. The van der Waals surface area contributed by atoms with Gasteiger partial charge in [-0.2, -0.15) is 0 Å². The quantitative estimate of drug-likeness (QED) is 0.776. The number of piperidine rings is 1. The number of amides is 2. The van der Waals surface area contributed by atoms with E-state index in [2.05, 4.69) is 36.5 Å². The summed E-state index contributed by atoms with van der Waals surface area (Å²) in [7, 11) is 0. The summed E-state index contributed by atoms with van der Waals surface area (Å²) in [5.41, 5.74) is 2.32. The predicted molar refractivity (Wildman–Crippen MR) is 109 cm³/mol. The van der Waals surface area contributed by atoms with E-state index in [4.69, 9.17) is 0 Å². The number of rotatable bonds is 6. The number of nitrogens with zero attached hydrogens (tertiary/aromatic N) is 1. The van der Waals surface area contributed by atoms with Gasteiger partial charge in [-0.3, -0.25) is 9.59 Å². The Balaban J connectivity index is 1.39. The second kappa shape index (κ2) is 9.60. The fourth-order valence-corrected chi connectivity index (χ4v) is 3.99. The van der Waals surface area contributed by atoms with Crippen molar-refractivity contribution in [3.8, 4) is 0 Å². The molecule has 4 nitrogen and oxygen atoms in total. The number of benzene rings is 2. The average molecular weight is 383 g/mol. The van der Waals surface area contributed by atoms with Gasteiger partial charge in [-0.1, -0.05) is 48.0 Å². The fraction of sp³-hybridized carbons (Fsp3) is 0.364. The highest BCUT2D eigenvalue weighted by Crippen LogP contribution is 2.22. The average Bonchev–Trinajstić information content (AvgIpc) is 2.72.